The average molecular weight is 288 g/mol. The summed E-state index contributed by atoms with van der Waals surface area (Å²) in [6.45, 7) is 5.22. The van der Waals surface area contributed by atoms with Gasteiger partial charge < -0.3 is 10.1 Å². The Morgan fingerprint density at radius 2 is 2.00 bits per heavy atom. The van der Waals surface area contributed by atoms with Crippen LogP contribution in [0.15, 0.2) is 30.3 Å². The van der Waals surface area contributed by atoms with Crippen molar-refractivity contribution >= 4 is 0 Å². The average Bonchev–Trinajstić information content (AvgIpc) is 3.36. The van der Waals surface area contributed by atoms with Gasteiger partial charge in [0.1, 0.15) is 0 Å². The topological polar surface area (TPSA) is 24.5 Å². The summed E-state index contributed by atoms with van der Waals surface area (Å²) in [7, 11) is 0. The first-order chi connectivity index (χ1) is 10.4. The molecule has 1 saturated heterocycles. The van der Waals surface area contributed by atoms with Crippen LogP contribution in [0.4, 0.5) is 0 Å². The molecule has 1 aromatic rings. The summed E-state index contributed by atoms with van der Waals surface area (Å²) in [5.41, 5.74) is 1.46. The first kappa shape index (κ1) is 15.0. The molecule has 1 saturated carbocycles. The van der Waals surface area contributed by atoms with E-state index in [1.54, 1.807) is 0 Å². The van der Waals surface area contributed by atoms with Crippen LogP contribution in [0.3, 0.4) is 0 Å². The minimum atomic E-state index is 0.580. The molecule has 0 amide bonds. The predicted octanol–water partition coefficient (Wildman–Crippen LogP) is 2.46. The third-order valence-corrected chi connectivity index (χ3v) is 4.57. The van der Waals surface area contributed by atoms with E-state index in [2.05, 4.69) is 40.5 Å². The molecule has 2 aliphatic rings. The second-order valence-electron chi connectivity index (χ2n) is 6.39. The highest BCUT2D eigenvalue weighted by molar-refractivity contribution is 5.14. The van der Waals surface area contributed by atoms with Gasteiger partial charge in [0, 0.05) is 25.2 Å². The Bertz CT molecular complexity index is 405. The predicted molar refractivity (Wildman–Crippen MR) is 86.6 cm³/mol. The van der Waals surface area contributed by atoms with E-state index in [1.165, 1.54) is 44.2 Å². The van der Waals surface area contributed by atoms with Gasteiger partial charge in [-0.1, -0.05) is 30.3 Å². The molecule has 1 aliphatic heterocycles. The maximum atomic E-state index is 5.66. The fourth-order valence-corrected chi connectivity index (χ4v) is 3.05. The zero-order chi connectivity index (χ0) is 14.3. The van der Waals surface area contributed by atoms with Crippen LogP contribution in [0.25, 0.3) is 0 Å². The van der Waals surface area contributed by atoms with Crippen LogP contribution in [0.5, 0.6) is 0 Å². The van der Waals surface area contributed by atoms with E-state index < -0.39 is 0 Å². The third-order valence-electron chi connectivity index (χ3n) is 4.57. The van der Waals surface area contributed by atoms with Crippen LogP contribution >= 0.6 is 0 Å². The minimum absolute atomic E-state index is 0.580. The highest BCUT2D eigenvalue weighted by Gasteiger charge is 2.26. The Morgan fingerprint density at radius 3 is 2.81 bits per heavy atom. The summed E-state index contributed by atoms with van der Waals surface area (Å²) in [5.74, 6) is 0. The van der Waals surface area contributed by atoms with Gasteiger partial charge in [-0.3, -0.25) is 4.90 Å². The van der Waals surface area contributed by atoms with E-state index in [0.717, 1.165) is 32.3 Å². The highest BCUT2D eigenvalue weighted by atomic mass is 16.5. The van der Waals surface area contributed by atoms with Crippen molar-refractivity contribution < 1.29 is 4.74 Å². The SMILES string of the molecule is c1ccc(CCCCN2CCOCC2CNC2CC2)cc1. The Kier molecular flexibility index (Phi) is 5.67. The van der Waals surface area contributed by atoms with Gasteiger partial charge >= 0.3 is 0 Å². The van der Waals surface area contributed by atoms with Crippen molar-refractivity contribution in [1.29, 1.82) is 0 Å². The Balaban J connectivity index is 1.35. The summed E-state index contributed by atoms with van der Waals surface area (Å²) in [6.07, 6.45) is 6.50. The van der Waals surface area contributed by atoms with Gasteiger partial charge in [-0.2, -0.15) is 0 Å². The van der Waals surface area contributed by atoms with Gasteiger partial charge in [-0.15, -0.1) is 0 Å². The molecular formula is C18H28N2O. The third kappa shape index (κ3) is 5.10. The normalized spacial score (nSPS) is 23.3. The van der Waals surface area contributed by atoms with Crippen molar-refractivity contribution in [1.82, 2.24) is 10.2 Å². The summed E-state index contributed by atoms with van der Waals surface area (Å²) in [6, 6.07) is 12.2. The first-order valence-electron chi connectivity index (χ1n) is 8.51. The van der Waals surface area contributed by atoms with Crippen molar-refractivity contribution in [2.45, 2.75) is 44.2 Å². The lowest BCUT2D eigenvalue weighted by molar-refractivity contribution is -0.00746. The number of ether oxygens (including phenoxy) is 1. The molecule has 21 heavy (non-hydrogen) atoms. The number of morpholine rings is 1. The number of hydrogen-bond donors (Lipinski definition) is 1. The number of hydrogen-bond acceptors (Lipinski definition) is 3. The molecule has 1 N–H and O–H groups in total. The van der Waals surface area contributed by atoms with E-state index in [1.807, 2.05) is 0 Å². The number of benzene rings is 1. The zero-order valence-corrected chi connectivity index (χ0v) is 13.0. The van der Waals surface area contributed by atoms with Crippen molar-refractivity contribution in [3.05, 3.63) is 35.9 Å². The quantitative estimate of drug-likeness (QED) is 0.744. The molecule has 1 aromatic carbocycles. The first-order valence-corrected chi connectivity index (χ1v) is 8.51. The van der Waals surface area contributed by atoms with E-state index in [4.69, 9.17) is 4.74 Å². The fourth-order valence-electron chi connectivity index (χ4n) is 3.05. The lowest BCUT2D eigenvalue weighted by atomic mass is 10.1. The van der Waals surface area contributed by atoms with Crippen molar-refractivity contribution in [2.24, 2.45) is 0 Å². The molecule has 1 atom stereocenters. The van der Waals surface area contributed by atoms with Crippen LogP contribution in [-0.4, -0.2) is 49.8 Å². The maximum absolute atomic E-state index is 5.66. The van der Waals surface area contributed by atoms with Gasteiger partial charge in [0.15, 0.2) is 0 Å². The molecule has 2 fully saturated rings. The molecule has 0 spiro atoms. The fraction of sp³-hybridized carbons (Fsp3) is 0.667. The summed E-state index contributed by atoms with van der Waals surface area (Å²) < 4.78 is 5.66. The lowest BCUT2D eigenvalue weighted by Gasteiger charge is -2.35. The van der Waals surface area contributed by atoms with Crippen molar-refractivity contribution in [3.63, 3.8) is 0 Å². The van der Waals surface area contributed by atoms with Crippen molar-refractivity contribution in [3.8, 4) is 0 Å². The molecule has 1 heterocycles. The molecule has 0 radical (unpaired) electrons. The molecule has 0 bridgehead atoms. The summed E-state index contributed by atoms with van der Waals surface area (Å²) >= 11 is 0. The van der Waals surface area contributed by atoms with Crippen LogP contribution in [0, 0.1) is 0 Å². The molecule has 116 valence electrons. The Hall–Kier alpha value is -0.900. The second-order valence-corrected chi connectivity index (χ2v) is 6.39. The molecule has 3 rings (SSSR count). The zero-order valence-electron chi connectivity index (χ0n) is 13.0. The molecule has 3 nitrogen and oxygen atoms in total. The monoisotopic (exact) mass is 288 g/mol. The summed E-state index contributed by atoms with van der Waals surface area (Å²) in [5, 5.41) is 3.65. The van der Waals surface area contributed by atoms with Crippen LogP contribution in [0.2, 0.25) is 0 Å². The van der Waals surface area contributed by atoms with E-state index >= 15 is 0 Å². The van der Waals surface area contributed by atoms with Crippen LogP contribution in [-0.2, 0) is 11.2 Å². The Labute approximate surface area is 128 Å². The number of unbranched alkanes of at least 4 members (excludes halogenated alkanes) is 1. The molecule has 1 aliphatic carbocycles. The van der Waals surface area contributed by atoms with E-state index in [9.17, 15) is 0 Å². The maximum Gasteiger partial charge on any atom is 0.0634 e. The molecule has 0 aromatic heterocycles. The smallest absolute Gasteiger partial charge is 0.0634 e. The van der Waals surface area contributed by atoms with Gasteiger partial charge in [0.05, 0.1) is 13.2 Å². The molecule has 1 unspecified atom stereocenters. The number of rotatable bonds is 8. The minimum Gasteiger partial charge on any atom is -0.378 e. The highest BCUT2D eigenvalue weighted by Crippen LogP contribution is 2.19. The molecular weight excluding hydrogens is 260 g/mol. The second kappa shape index (κ2) is 7.92. The largest absolute Gasteiger partial charge is 0.378 e. The van der Waals surface area contributed by atoms with Gasteiger partial charge in [-0.05, 0) is 44.2 Å². The number of aryl methyl sites for hydroxylation is 1. The number of nitrogens with one attached hydrogen (secondary N) is 1. The van der Waals surface area contributed by atoms with E-state index in [-0.39, 0.29) is 0 Å². The summed E-state index contributed by atoms with van der Waals surface area (Å²) in [4.78, 5) is 2.63. The van der Waals surface area contributed by atoms with E-state index in [0.29, 0.717) is 6.04 Å². The van der Waals surface area contributed by atoms with Crippen molar-refractivity contribution in [2.75, 3.05) is 32.8 Å². The van der Waals surface area contributed by atoms with Gasteiger partial charge in [-0.25, -0.2) is 0 Å². The van der Waals surface area contributed by atoms with Gasteiger partial charge in [0.2, 0.25) is 0 Å². The van der Waals surface area contributed by atoms with Crippen LogP contribution < -0.4 is 5.32 Å². The Morgan fingerprint density at radius 1 is 1.14 bits per heavy atom. The lowest BCUT2D eigenvalue weighted by Crippen LogP contribution is -2.50. The molecule has 3 heteroatoms. The van der Waals surface area contributed by atoms with Crippen LogP contribution in [0.1, 0.15) is 31.2 Å². The number of nitrogens with zero attached hydrogens (tertiary/aromatic N) is 1. The standard InChI is InChI=1S/C18H28N2O/c1-2-6-16(7-3-1)8-4-5-11-20-12-13-21-15-18(20)14-19-17-9-10-17/h1-3,6-7,17-19H,4-5,8-15H2. The van der Waals surface area contributed by atoms with Gasteiger partial charge in [0.25, 0.3) is 0 Å².